The van der Waals surface area contributed by atoms with Gasteiger partial charge in [-0.1, -0.05) is 11.6 Å². The van der Waals surface area contributed by atoms with E-state index in [1.54, 1.807) is 0 Å². The molecule has 0 bridgehead atoms. The Morgan fingerprint density at radius 1 is 1.25 bits per heavy atom. The fourth-order valence-electron chi connectivity index (χ4n) is 0.617. The van der Waals surface area contributed by atoms with E-state index in [0.29, 0.717) is 12.4 Å². The molecule has 0 fully saturated rings. The third-order valence-electron chi connectivity index (χ3n) is 1.14. The number of aromatic nitrogens is 1. The molecule has 0 amide bonds. The van der Waals surface area contributed by atoms with Gasteiger partial charge in [0.1, 0.15) is 0 Å². The normalized spacial score (nSPS) is 11.8. The van der Waals surface area contributed by atoms with E-state index in [4.69, 9.17) is 11.6 Å². The molecule has 0 aliphatic rings. The fraction of sp³-hybridized carbons (Fsp3) is 0.167. The van der Waals surface area contributed by atoms with E-state index in [1.807, 2.05) is 0 Å². The molecule has 1 aromatic heterocycles. The van der Waals surface area contributed by atoms with E-state index in [1.165, 1.54) is 0 Å². The smallest absolute Gasteiger partial charge is 0.261 e. The summed E-state index contributed by atoms with van der Waals surface area (Å²) in [6.45, 7) is 0. The maximum atomic E-state index is 12.4. The van der Waals surface area contributed by atoms with Crippen LogP contribution in [0.25, 0.3) is 0 Å². The van der Waals surface area contributed by atoms with Gasteiger partial charge in [-0.2, -0.15) is 13.2 Å². The number of rotatable bonds is 0. The highest BCUT2D eigenvalue weighted by molar-refractivity contribution is 6.31. The van der Waals surface area contributed by atoms with Crippen LogP contribution in [0.5, 0.6) is 0 Å². The highest BCUT2D eigenvalue weighted by Crippen LogP contribution is 2.34. The Morgan fingerprint density at radius 2 is 1.83 bits per heavy atom. The fourth-order valence-corrected chi connectivity index (χ4v) is 0.822. The molecule has 66 valence electrons. The zero-order valence-corrected chi connectivity index (χ0v) is 6.25. The standard InChI is InChI=1S/C6H2ClF4N/c7-5-3(6(9,10)11)1-12-2-4(5)8/h1-2H. The van der Waals surface area contributed by atoms with Gasteiger partial charge < -0.3 is 0 Å². The van der Waals surface area contributed by atoms with E-state index in [2.05, 4.69) is 4.98 Å². The lowest BCUT2D eigenvalue weighted by molar-refractivity contribution is -0.137. The van der Waals surface area contributed by atoms with Gasteiger partial charge in [-0.15, -0.1) is 0 Å². The van der Waals surface area contributed by atoms with Crippen molar-refractivity contribution in [2.24, 2.45) is 0 Å². The highest BCUT2D eigenvalue weighted by Gasteiger charge is 2.34. The molecule has 0 atom stereocenters. The van der Waals surface area contributed by atoms with E-state index in [-0.39, 0.29) is 0 Å². The van der Waals surface area contributed by atoms with Gasteiger partial charge in [0.25, 0.3) is 0 Å². The molecule has 0 aliphatic heterocycles. The Balaban J connectivity index is 3.26. The molecule has 0 saturated carbocycles. The Morgan fingerprint density at radius 3 is 2.25 bits per heavy atom. The van der Waals surface area contributed by atoms with Crippen LogP contribution in [0.15, 0.2) is 12.4 Å². The minimum absolute atomic E-state index is 0.478. The van der Waals surface area contributed by atoms with Crippen molar-refractivity contribution in [1.29, 1.82) is 0 Å². The lowest BCUT2D eigenvalue weighted by Gasteiger charge is -2.07. The molecule has 0 N–H and O–H groups in total. The summed E-state index contributed by atoms with van der Waals surface area (Å²) in [6.07, 6.45) is -3.56. The lowest BCUT2D eigenvalue weighted by atomic mass is 10.3. The van der Waals surface area contributed by atoms with E-state index < -0.39 is 22.6 Å². The molecule has 0 saturated heterocycles. The van der Waals surface area contributed by atoms with Crippen LogP contribution < -0.4 is 0 Å². The number of hydrogen-bond donors (Lipinski definition) is 0. The van der Waals surface area contributed by atoms with Crippen molar-refractivity contribution in [3.8, 4) is 0 Å². The Hall–Kier alpha value is -0.840. The largest absolute Gasteiger partial charge is 0.419 e. The monoisotopic (exact) mass is 199 g/mol. The van der Waals surface area contributed by atoms with Crippen molar-refractivity contribution < 1.29 is 17.6 Å². The third-order valence-corrected chi connectivity index (χ3v) is 1.53. The van der Waals surface area contributed by atoms with E-state index in [0.717, 1.165) is 0 Å². The molecule has 6 heteroatoms. The first-order chi connectivity index (χ1) is 5.43. The number of hydrogen-bond acceptors (Lipinski definition) is 1. The Labute approximate surface area is 70.0 Å². The summed E-state index contributed by atoms with van der Waals surface area (Å²) in [5, 5.41) is -0.947. The maximum absolute atomic E-state index is 12.4. The van der Waals surface area contributed by atoms with Gasteiger partial charge in [-0.25, -0.2) is 4.39 Å². The maximum Gasteiger partial charge on any atom is 0.419 e. The minimum Gasteiger partial charge on any atom is -0.261 e. The van der Waals surface area contributed by atoms with Crippen molar-refractivity contribution in [2.45, 2.75) is 6.18 Å². The summed E-state index contributed by atoms with van der Waals surface area (Å²) in [5.41, 5.74) is -1.26. The predicted molar refractivity (Wildman–Crippen MR) is 34.2 cm³/mol. The van der Waals surface area contributed by atoms with Crippen molar-refractivity contribution >= 4 is 11.6 Å². The highest BCUT2D eigenvalue weighted by atomic mass is 35.5. The second-order valence-electron chi connectivity index (χ2n) is 1.98. The van der Waals surface area contributed by atoms with Crippen LogP contribution in [0.3, 0.4) is 0 Å². The molecule has 0 aliphatic carbocycles. The molecule has 1 nitrogen and oxygen atoms in total. The minimum atomic E-state index is -4.66. The average molecular weight is 200 g/mol. The topological polar surface area (TPSA) is 12.9 Å². The van der Waals surface area contributed by atoms with Crippen LogP contribution in [0, 0.1) is 5.82 Å². The summed E-state index contributed by atoms with van der Waals surface area (Å²) in [6, 6.07) is 0. The summed E-state index contributed by atoms with van der Waals surface area (Å²) in [5.74, 6) is -1.17. The van der Waals surface area contributed by atoms with Gasteiger partial charge in [0.15, 0.2) is 5.82 Å². The van der Waals surface area contributed by atoms with Crippen LogP contribution in [0.1, 0.15) is 5.56 Å². The van der Waals surface area contributed by atoms with Crippen LogP contribution in [0.4, 0.5) is 17.6 Å². The Bertz CT molecular complexity index is 296. The van der Waals surface area contributed by atoms with Gasteiger partial charge in [-0.05, 0) is 0 Å². The van der Waals surface area contributed by atoms with Crippen molar-refractivity contribution in [3.63, 3.8) is 0 Å². The first-order valence-electron chi connectivity index (χ1n) is 2.79. The Kier molecular flexibility index (Phi) is 2.23. The van der Waals surface area contributed by atoms with E-state index in [9.17, 15) is 17.6 Å². The van der Waals surface area contributed by atoms with Crippen LogP contribution in [-0.4, -0.2) is 4.98 Å². The molecule has 0 unspecified atom stereocenters. The molecule has 12 heavy (non-hydrogen) atoms. The predicted octanol–water partition coefficient (Wildman–Crippen LogP) is 2.89. The van der Waals surface area contributed by atoms with Crippen molar-refractivity contribution in [1.82, 2.24) is 4.98 Å². The molecule has 1 rings (SSSR count). The van der Waals surface area contributed by atoms with Gasteiger partial charge in [0.2, 0.25) is 0 Å². The van der Waals surface area contributed by atoms with Crippen LogP contribution >= 0.6 is 11.6 Å². The first-order valence-corrected chi connectivity index (χ1v) is 3.17. The van der Waals surface area contributed by atoms with Gasteiger partial charge >= 0.3 is 6.18 Å². The van der Waals surface area contributed by atoms with Gasteiger partial charge in [0.05, 0.1) is 16.8 Å². The zero-order valence-electron chi connectivity index (χ0n) is 5.49. The average Bonchev–Trinajstić information content (AvgIpc) is 1.92. The zero-order chi connectivity index (χ0) is 9.35. The molecular weight excluding hydrogens is 198 g/mol. The van der Waals surface area contributed by atoms with Gasteiger partial charge in [0, 0.05) is 6.20 Å². The molecule has 1 aromatic rings. The summed E-state index contributed by atoms with van der Waals surface area (Å²) < 4.78 is 48.2. The second kappa shape index (κ2) is 2.90. The van der Waals surface area contributed by atoms with Crippen molar-refractivity contribution in [2.75, 3.05) is 0 Å². The molecule has 0 radical (unpaired) electrons. The van der Waals surface area contributed by atoms with Crippen LogP contribution in [0.2, 0.25) is 5.02 Å². The number of nitrogens with zero attached hydrogens (tertiary/aromatic N) is 1. The lowest BCUT2D eigenvalue weighted by Crippen LogP contribution is -2.07. The number of halogens is 5. The molecular formula is C6H2ClF4N. The second-order valence-corrected chi connectivity index (χ2v) is 2.36. The molecule has 1 heterocycles. The molecule has 0 aromatic carbocycles. The third kappa shape index (κ3) is 1.66. The first kappa shape index (κ1) is 9.25. The quantitative estimate of drug-likeness (QED) is 0.586. The van der Waals surface area contributed by atoms with Crippen molar-refractivity contribution in [3.05, 3.63) is 28.8 Å². The SMILES string of the molecule is Fc1cncc(C(F)(F)F)c1Cl. The van der Waals surface area contributed by atoms with Crippen LogP contribution in [-0.2, 0) is 6.18 Å². The summed E-state index contributed by atoms with van der Waals surface area (Å²) in [4.78, 5) is 3.03. The summed E-state index contributed by atoms with van der Waals surface area (Å²) in [7, 11) is 0. The summed E-state index contributed by atoms with van der Waals surface area (Å²) >= 11 is 5.04. The molecule has 0 spiro atoms. The number of pyridine rings is 1. The van der Waals surface area contributed by atoms with Gasteiger partial charge in [-0.3, -0.25) is 4.98 Å². The van der Waals surface area contributed by atoms with E-state index >= 15 is 0 Å². The number of alkyl halides is 3.